The van der Waals surface area contributed by atoms with Gasteiger partial charge in [0.05, 0.1) is 0 Å². The second-order valence-corrected chi connectivity index (χ2v) is 7.65. The molecule has 1 amide bonds. The number of amides is 1. The zero-order valence-electron chi connectivity index (χ0n) is 17.5. The van der Waals surface area contributed by atoms with Crippen molar-refractivity contribution in [2.45, 2.75) is 13.0 Å². The summed E-state index contributed by atoms with van der Waals surface area (Å²) < 4.78 is 5.76. The number of carbonyl (C=O) groups is 1. The number of thiocarbonyl (C=S) groups is 1. The smallest absolute Gasteiger partial charge is 0.279 e. The van der Waals surface area contributed by atoms with E-state index >= 15 is 0 Å². The Morgan fingerprint density at radius 2 is 1.44 bits per heavy atom. The van der Waals surface area contributed by atoms with Crippen LogP contribution in [0.4, 0.5) is 5.69 Å². The number of nitrogens with one attached hydrogen (secondary N) is 3. The molecule has 1 atom stereocenters. The Kier molecular flexibility index (Phi) is 6.63. The summed E-state index contributed by atoms with van der Waals surface area (Å²) in [5.41, 5.74) is 8.39. The number of hydrogen-bond acceptors (Lipinski definition) is 3. The van der Waals surface area contributed by atoms with Crippen molar-refractivity contribution in [2.24, 2.45) is 0 Å². The number of ether oxygens (including phenoxy) is 1. The fourth-order valence-corrected chi connectivity index (χ4v) is 3.48. The van der Waals surface area contributed by atoms with Crippen LogP contribution < -0.4 is 20.9 Å². The molecular weight excluding hydrogens is 418 g/mol. The quantitative estimate of drug-likeness (QED) is 0.290. The topological polar surface area (TPSA) is 62.4 Å². The molecule has 0 heterocycles. The van der Waals surface area contributed by atoms with Crippen molar-refractivity contribution < 1.29 is 9.53 Å². The molecule has 0 fully saturated rings. The number of rotatable bonds is 5. The van der Waals surface area contributed by atoms with Gasteiger partial charge in [-0.25, -0.2) is 0 Å². The van der Waals surface area contributed by atoms with Gasteiger partial charge in [-0.1, -0.05) is 78.9 Å². The lowest BCUT2D eigenvalue weighted by atomic mass is 10.1. The highest BCUT2D eigenvalue weighted by Gasteiger charge is 2.15. The van der Waals surface area contributed by atoms with E-state index in [2.05, 4.69) is 16.2 Å². The van der Waals surface area contributed by atoms with Crippen molar-refractivity contribution in [3.8, 4) is 16.9 Å². The summed E-state index contributed by atoms with van der Waals surface area (Å²) in [5, 5.41) is 5.55. The normalized spacial score (nSPS) is 11.4. The molecule has 0 aliphatic carbocycles. The van der Waals surface area contributed by atoms with Crippen molar-refractivity contribution >= 4 is 39.7 Å². The minimum Gasteiger partial charge on any atom is -0.481 e. The fraction of sp³-hybridized carbons (Fsp3) is 0.0769. The van der Waals surface area contributed by atoms with Gasteiger partial charge in [-0.3, -0.25) is 15.6 Å². The second-order valence-electron chi connectivity index (χ2n) is 7.25. The minimum absolute atomic E-state index is 0.286. The van der Waals surface area contributed by atoms with Crippen LogP contribution >= 0.6 is 12.2 Å². The molecule has 0 aromatic heterocycles. The van der Waals surface area contributed by atoms with Crippen molar-refractivity contribution in [3.63, 3.8) is 0 Å². The van der Waals surface area contributed by atoms with Crippen LogP contribution in [0.25, 0.3) is 21.9 Å². The number of hydrazine groups is 1. The molecule has 0 spiro atoms. The third kappa shape index (κ3) is 5.22. The third-order valence-corrected chi connectivity index (χ3v) is 5.18. The van der Waals surface area contributed by atoms with Crippen LogP contribution in [0.1, 0.15) is 6.92 Å². The number of hydrogen-bond donors (Lipinski definition) is 3. The standard InChI is InChI=1S/C26H23N3O2S/c1-18(31-22-16-14-20(15-17-22)19-8-3-2-4-9-19)25(30)28-29-26(32)27-24-13-7-11-21-10-5-6-12-23(21)24/h2-18H,1H3,(H,28,30)(H2,27,29,32)/t18-/m1/s1. The van der Waals surface area contributed by atoms with E-state index in [-0.39, 0.29) is 11.0 Å². The zero-order chi connectivity index (χ0) is 22.3. The highest BCUT2D eigenvalue weighted by molar-refractivity contribution is 7.80. The van der Waals surface area contributed by atoms with E-state index in [1.54, 1.807) is 6.92 Å². The Balaban J connectivity index is 1.29. The summed E-state index contributed by atoms with van der Waals surface area (Å²) in [7, 11) is 0. The zero-order valence-corrected chi connectivity index (χ0v) is 18.4. The Bertz CT molecular complexity index is 1220. The van der Waals surface area contributed by atoms with Crippen LogP contribution in [0, 0.1) is 0 Å². The molecule has 0 unspecified atom stereocenters. The van der Waals surface area contributed by atoms with E-state index in [9.17, 15) is 4.79 Å². The van der Waals surface area contributed by atoms with E-state index in [1.807, 2.05) is 97.1 Å². The van der Waals surface area contributed by atoms with E-state index in [0.717, 1.165) is 27.6 Å². The minimum atomic E-state index is -0.703. The van der Waals surface area contributed by atoms with Gasteiger partial charge in [-0.05, 0) is 53.9 Å². The maximum absolute atomic E-state index is 12.4. The summed E-state index contributed by atoms with van der Waals surface area (Å²) in [6.45, 7) is 1.68. The van der Waals surface area contributed by atoms with Gasteiger partial charge in [-0.15, -0.1) is 0 Å². The van der Waals surface area contributed by atoms with Gasteiger partial charge in [0, 0.05) is 11.1 Å². The van der Waals surface area contributed by atoms with Crippen LogP contribution in [0.5, 0.6) is 5.75 Å². The summed E-state index contributed by atoms with van der Waals surface area (Å²) in [6.07, 6.45) is -0.703. The molecule has 0 bridgehead atoms. The lowest BCUT2D eigenvalue weighted by molar-refractivity contribution is -0.127. The average molecular weight is 442 g/mol. The summed E-state index contributed by atoms with van der Waals surface area (Å²) in [5.74, 6) is 0.281. The van der Waals surface area contributed by atoms with Crippen LogP contribution in [-0.4, -0.2) is 17.1 Å². The highest BCUT2D eigenvalue weighted by Crippen LogP contribution is 2.23. The molecule has 32 heavy (non-hydrogen) atoms. The maximum Gasteiger partial charge on any atom is 0.279 e. The van der Waals surface area contributed by atoms with Crippen molar-refractivity contribution in [1.82, 2.24) is 10.9 Å². The lowest BCUT2D eigenvalue weighted by Gasteiger charge is -2.17. The van der Waals surface area contributed by atoms with Crippen LogP contribution in [0.2, 0.25) is 0 Å². The molecule has 0 aliphatic heterocycles. The van der Waals surface area contributed by atoms with Gasteiger partial charge in [0.2, 0.25) is 0 Å². The molecule has 0 saturated heterocycles. The third-order valence-electron chi connectivity index (χ3n) is 4.98. The van der Waals surface area contributed by atoms with Crippen LogP contribution in [-0.2, 0) is 4.79 Å². The van der Waals surface area contributed by atoms with Crippen molar-refractivity contribution in [1.29, 1.82) is 0 Å². The highest BCUT2D eigenvalue weighted by atomic mass is 32.1. The first-order chi connectivity index (χ1) is 15.6. The van der Waals surface area contributed by atoms with Gasteiger partial charge >= 0.3 is 0 Å². The molecule has 5 nitrogen and oxygen atoms in total. The molecule has 0 saturated carbocycles. The number of carbonyl (C=O) groups excluding carboxylic acids is 1. The van der Waals surface area contributed by atoms with Crippen molar-refractivity contribution in [3.05, 3.63) is 97.1 Å². The Morgan fingerprint density at radius 1 is 0.781 bits per heavy atom. The molecule has 6 heteroatoms. The van der Waals surface area contributed by atoms with Gasteiger partial charge in [0.1, 0.15) is 5.75 Å². The molecule has 4 rings (SSSR count). The second kappa shape index (κ2) is 9.94. The molecular formula is C26H23N3O2S. The number of anilines is 1. The van der Waals surface area contributed by atoms with Crippen molar-refractivity contribution in [2.75, 3.05) is 5.32 Å². The first kappa shape index (κ1) is 21.3. The van der Waals surface area contributed by atoms with Crippen LogP contribution in [0.3, 0.4) is 0 Å². The molecule has 3 N–H and O–H groups in total. The monoisotopic (exact) mass is 441 g/mol. The predicted molar refractivity (Wildman–Crippen MR) is 133 cm³/mol. The first-order valence-electron chi connectivity index (χ1n) is 10.3. The number of fused-ring (bicyclic) bond motifs is 1. The predicted octanol–water partition coefficient (Wildman–Crippen LogP) is 5.29. The van der Waals surface area contributed by atoms with Gasteiger partial charge in [-0.2, -0.15) is 0 Å². The molecule has 4 aromatic carbocycles. The summed E-state index contributed by atoms with van der Waals surface area (Å²) in [4.78, 5) is 12.4. The lowest BCUT2D eigenvalue weighted by Crippen LogP contribution is -2.48. The SMILES string of the molecule is C[C@@H](Oc1ccc(-c2ccccc2)cc1)C(=O)NNC(=S)Nc1cccc2ccccc12. The van der Waals surface area contributed by atoms with Crippen LogP contribution in [0.15, 0.2) is 97.1 Å². The Morgan fingerprint density at radius 3 is 2.22 bits per heavy atom. The van der Waals surface area contributed by atoms with E-state index in [4.69, 9.17) is 17.0 Å². The fourth-order valence-electron chi connectivity index (χ4n) is 3.32. The molecule has 0 aliphatic rings. The average Bonchev–Trinajstić information content (AvgIpc) is 2.84. The largest absolute Gasteiger partial charge is 0.481 e. The molecule has 160 valence electrons. The molecule has 0 radical (unpaired) electrons. The Labute approximate surface area is 192 Å². The van der Waals surface area contributed by atoms with Gasteiger partial charge in [0.25, 0.3) is 5.91 Å². The van der Waals surface area contributed by atoms with Gasteiger partial charge < -0.3 is 10.1 Å². The summed E-state index contributed by atoms with van der Waals surface area (Å²) in [6, 6.07) is 31.6. The van der Waals surface area contributed by atoms with E-state index in [0.29, 0.717) is 5.75 Å². The summed E-state index contributed by atoms with van der Waals surface area (Å²) >= 11 is 5.32. The first-order valence-corrected chi connectivity index (χ1v) is 10.7. The molecule has 4 aromatic rings. The van der Waals surface area contributed by atoms with Gasteiger partial charge in [0.15, 0.2) is 11.2 Å². The number of benzene rings is 4. The Hall–Kier alpha value is -3.90. The van der Waals surface area contributed by atoms with E-state index in [1.165, 1.54) is 0 Å². The maximum atomic E-state index is 12.4. The van der Waals surface area contributed by atoms with E-state index < -0.39 is 6.10 Å².